The van der Waals surface area contributed by atoms with Crippen molar-refractivity contribution < 1.29 is 9.59 Å². The highest BCUT2D eigenvalue weighted by molar-refractivity contribution is 5.95. The van der Waals surface area contributed by atoms with Crippen LogP contribution in [0.15, 0.2) is 6.33 Å². The second kappa shape index (κ2) is 8.30. The fourth-order valence-corrected chi connectivity index (χ4v) is 8.64. The normalized spacial score (nSPS) is 33.0. The van der Waals surface area contributed by atoms with Gasteiger partial charge in [0, 0.05) is 23.4 Å². The van der Waals surface area contributed by atoms with E-state index in [0.717, 1.165) is 41.9 Å². The van der Waals surface area contributed by atoms with Crippen LogP contribution in [0.4, 0.5) is 5.82 Å². The van der Waals surface area contributed by atoms with Crippen molar-refractivity contribution in [2.45, 2.75) is 97.4 Å². The van der Waals surface area contributed by atoms with Crippen LogP contribution in [0.2, 0.25) is 0 Å². The molecule has 2 amide bonds. The molecular formula is C28H40N4O2. The quantitative estimate of drug-likeness (QED) is 0.671. The van der Waals surface area contributed by atoms with Crippen molar-refractivity contribution in [2.24, 2.45) is 34.5 Å². The molecule has 0 spiro atoms. The Kier molecular flexibility index (Phi) is 5.49. The molecule has 1 aromatic heterocycles. The van der Waals surface area contributed by atoms with Crippen molar-refractivity contribution in [1.82, 2.24) is 14.9 Å². The lowest BCUT2D eigenvalue weighted by molar-refractivity contribution is -0.151. The fourth-order valence-electron chi connectivity index (χ4n) is 8.64. The van der Waals surface area contributed by atoms with Crippen molar-refractivity contribution in [3.63, 3.8) is 0 Å². The summed E-state index contributed by atoms with van der Waals surface area (Å²) >= 11 is 0. The van der Waals surface area contributed by atoms with Crippen molar-refractivity contribution in [1.29, 1.82) is 0 Å². The van der Waals surface area contributed by atoms with E-state index in [4.69, 9.17) is 0 Å². The minimum Gasteiger partial charge on any atom is -0.336 e. The molecule has 7 rings (SSSR count). The highest BCUT2D eigenvalue weighted by atomic mass is 16.2. The van der Waals surface area contributed by atoms with Gasteiger partial charge in [-0.25, -0.2) is 9.97 Å². The van der Waals surface area contributed by atoms with Crippen LogP contribution in [0.1, 0.15) is 95.7 Å². The zero-order valence-electron chi connectivity index (χ0n) is 20.9. The monoisotopic (exact) mass is 464 g/mol. The molecule has 5 saturated carbocycles. The molecular weight excluding hydrogens is 424 g/mol. The summed E-state index contributed by atoms with van der Waals surface area (Å²) in [7, 11) is 0. The molecule has 6 heteroatoms. The fraction of sp³-hybridized carbons (Fsp3) is 0.786. The van der Waals surface area contributed by atoms with Gasteiger partial charge >= 0.3 is 0 Å². The molecule has 2 heterocycles. The minimum absolute atomic E-state index is 0.107. The maximum Gasteiger partial charge on any atom is 0.231 e. The van der Waals surface area contributed by atoms with E-state index in [9.17, 15) is 9.59 Å². The van der Waals surface area contributed by atoms with Crippen LogP contribution in [-0.4, -0.2) is 33.2 Å². The molecule has 0 atom stereocenters. The number of rotatable bonds is 4. The highest BCUT2D eigenvalue weighted by Crippen LogP contribution is 2.66. The van der Waals surface area contributed by atoms with Crippen molar-refractivity contribution in [3.8, 4) is 0 Å². The number of hydrogen-bond acceptors (Lipinski definition) is 4. The Bertz CT molecular complexity index is 945. The first-order valence-corrected chi connectivity index (χ1v) is 13.8. The Morgan fingerprint density at radius 2 is 1.65 bits per heavy atom. The smallest absolute Gasteiger partial charge is 0.231 e. The summed E-state index contributed by atoms with van der Waals surface area (Å²) in [6.07, 6.45) is 15.7. The highest BCUT2D eigenvalue weighted by Gasteiger charge is 2.59. The van der Waals surface area contributed by atoms with Crippen molar-refractivity contribution >= 4 is 17.6 Å². The van der Waals surface area contributed by atoms with Gasteiger partial charge in [0.05, 0.1) is 12.2 Å². The van der Waals surface area contributed by atoms with E-state index in [-0.39, 0.29) is 23.1 Å². The van der Waals surface area contributed by atoms with Gasteiger partial charge in [0.1, 0.15) is 12.1 Å². The zero-order valence-corrected chi connectivity index (χ0v) is 20.9. The first-order chi connectivity index (χ1) is 16.3. The van der Waals surface area contributed by atoms with E-state index in [1.165, 1.54) is 57.8 Å². The van der Waals surface area contributed by atoms with Crippen molar-refractivity contribution in [2.75, 3.05) is 11.9 Å². The van der Waals surface area contributed by atoms with Crippen LogP contribution >= 0.6 is 0 Å². The molecule has 1 N–H and O–H groups in total. The van der Waals surface area contributed by atoms with Gasteiger partial charge in [-0.2, -0.15) is 0 Å². The second-order valence-corrected chi connectivity index (χ2v) is 12.8. The number of anilines is 1. The summed E-state index contributed by atoms with van der Waals surface area (Å²) in [5.41, 5.74) is 1.62. The maximum atomic E-state index is 13.8. The van der Waals surface area contributed by atoms with Gasteiger partial charge in [-0.1, -0.05) is 33.1 Å². The Morgan fingerprint density at radius 1 is 1.00 bits per heavy atom. The Morgan fingerprint density at radius 3 is 2.29 bits per heavy atom. The van der Waals surface area contributed by atoms with Gasteiger partial charge < -0.3 is 10.2 Å². The number of nitrogens with one attached hydrogen (secondary N) is 1. The summed E-state index contributed by atoms with van der Waals surface area (Å²) in [6.45, 7) is 5.58. The minimum atomic E-state index is -0.418. The number of hydrogen-bond donors (Lipinski definition) is 1. The molecule has 1 aromatic rings. The number of carbonyl (C=O) groups excluding carboxylic acids is 2. The van der Waals surface area contributed by atoms with E-state index in [2.05, 4.69) is 29.1 Å². The first kappa shape index (κ1) is 22.5. The average Bonchev–Trinajstić information content (AvgIpc) is 2.83. The third-order valence-electron chi connectivity index (χ3n) is 10.4. The third kappa shape index (κ3) is 3.67. The van der Waals surface area contributed by atoms with Crippen LogP contribution < -0.4 is 5.32 Å². The molecule has 4 bridgehead atoms. The number of fused-ring (bicyclic) bond motifs is 1. The van der Waals surface area contributed by atoms with Gasteiger partial charge in [-0.3, -0.25) is 9.59 Å². The summed E-state index contributed by atoms with van der Waals surface area (Å²) in [5, 5.41) is 3.25. The Balaban J connectivity index is 1.18. The molecule has 5 aliphatic carbocycles. The van der Waals surface area contributed by atoms with Gasteiger partial charge in [0.2, 0.25) is 11.8 Å². The third-order valence-corrected chi connectivity index (χ3v) is 10.4. The zero-order chi connectivity index (χ0) is 23.5. The molecule has 0 radical (unpaired) electrons. The predicted octanol–water partition coefficient (Wildman–Crippen LogP) is 5.12. The summed E-state index contributed by atoms with van der Waals surface area (Å²) in [5.74, 6) is 3.69. The van der Waals surface area contributed by atoms with Crippen LogP contribution in [0.3, 0.4) is 0 Å². The molecule has 0 unspecified atom stereocenters. The van der Waals surface area contributed by atoms with Gasteiger partial charge in [0.15, 0.2) is 0 Å². The lowest BCUT2D eigenvalue weighted by atomic mass is 9.43. The summed E-state index contributed by atoms with van der Waals surface area (Å²) in [4.78, 5) is 37.9. The summed E-state index contributed by atoms with van der Waals surface area (Å²) in [6, 6.07) is 0. The van der Waals surface area contributed by atoms with E-state index in [1.807, 2.05) is 4.90 Å². The van der Waals surface area contributed by atoms with Gasteiger partial charge in [-0.15, -0.1) is 0 Å². The average molecular weight is 465 g/mol. The Labute approximate surface area is 203 Å². The van der Waals surface area contributed by atoms with E-state index >= 15 is 0 Å². The molecule has 184 valence electrons. The predicted molar refractivity (Wildman–Crippen MR) is 131 cm³/mol. The molecule has 5 fully saturated rings. The SMILES string of the molecule is CC(C)(C(=O)Nc1ncnc2c1CCN(C(=O)C1CCCCC1)C2)C12CC3CC(CC(C3)C1)C2. The molecule has 6 aliphatic rings. The van der Waals surface area contributed by atoms with E-state index < -0.39 is 5.41 Å². The summed E-state index contributed by atoms with van der Waals surface area (Å²) < 4.78 is 0. The van der Waals surface area contributed by atoms with E-state index in [0.29, 0.717) is 25.3 Å². The molecule has 34 heavy (non-hydrogen) atoms. The molecule has 0 aromatic carbocycles. The number of aromatic nitrogens is 2. The topological polar surface area (TPSA) is 75.2 Å². The number of amides is 2. The Hall–Kier alpha value is -1.98. The van der Waals surface area contributed by atoms with Crippen LogP contribution in [-0.2, 0) is 22.6 Å². The largest absolute Gasteiger partial charge is 0.336 e. The first-order valence-electron chi connectivity index (χ1n) is 13.8. The van der Waals surface area contributed by atoms with Gasteiger partial charge in [0.25, 0.3) is 0 Å². The lowest BCUT2D eigenvalue weighted by Crippen LogP contribution is -2.56. The van der Waals surface area contributed by atoms with Crippen LogP contribution in [0.25, 0.3) is 0 Å². The van der Waals surface area contributed by atoms with Gasteiger partial charge in [-0.05, 0) is 81.0 Å². The number of carbonyl (C=O) groups is 2. The maximum absolute atomic E-state index is 13.8. The standard InChI is InChI=1S/C28H40N4O2/c1-27(2,28-13-18-10-19(14-28)12-20(11-18)15-28)26(34)31-24-22-8-9-32(16-23(22)29-17-30-24)25(33)21-6-4-3-5-7-21/h17-21H,3-16H2,1-2H3,(H,29,30,31,34). The van der Waals surface area contributed by atoms with E-state index in [1.54, 1.807) is 6.33 Å². The van der Waals surface area contributed by atoms with Crippen LogP contribution in [0.5, 0.6) is 0 Å². The molecule has 6 nitrogen and oxygen atoms in total. The number of nitrogens with zero attached hydrogens (tertiary/aromatic N) is 3. The molecule has 0 saturated heterocycles. The lowest BCUT2D eigenvalue weighted by Gasteiger charge is -2.61. The van der Waals surface area contributed by atoms with Crippen LogP contribution in [0, 0.1) is 34.5 Å². The second-order valence-electron chi connectivity index (χ2n) is 12.8. The van der Waals surface area contributed by atoms with Crippen molar-refractivity contribution in [3.05, 3.63) is 17.6 Å². The molecule has 1 aliphatic heterocycles.